The zero-order chi connectivity index (χ0) is 12.2. The Balaban J connectivity index is 2.52. The van der Waals surface area contributed by atoms with Crippen molar-refractivity contribution >= 4 is 17.7 Å². The molecule has 0 aromatic carbocycles. The van der Waals surface area contributed by atoms with E-state index in [1.165, 1.54) is 38.5 Å². The van der Waals surface area contributed by atoms with Gasteiger partial charge in [-0.3, -0.25) is 4.79 Å². The van der Waals surface area contributed by atoms with Gasteiger partial charge < -0.3 is 10.8 Å². The normalized spacial score (nSPS) is 21.4. The van der Waals surface area contributed by atoms with Crippen LogP contribution in [0, 0.1) is 0 Å². The number of thioether (sulfide) groups is 1. The van der Waals surface area contributed by atoms with Crippen LogP contribution in [0.2, 0.25) is 0 Å². The number of rotatable bonds is 4. The zero-order valence-corrected chi connectivity index (χ0v) is 11.1. The molecule has 1 aliphatic carbocycles. The molecule has 0 aliphatic heterocycles. The molecular weight excluding hydrogens is 222 g/mol. The maximum absolute atomic E-state index is 10.9. The van der Waals surface area contributed by atoms with Crippen molar-refractivity contribution in [3.05, 3.63) is 0 Å². The van der Waals surface area contributed by atoms with E-state index >= 15 is 0 Å². The van der Waals surface area contributed by atoms with Crippen LogP contribution < -0.4 is 5.73 Å². The minimum atomic E-state index is -0.897. The number of carbonyl (C=O) groups is 1. The predicted molar refractivity (Wildman–Crippen MR) is 68.8 cm³/mol. The Hall–Kier alpha value is -0.220. The van der Waals surface area contributed by atoms with E-state index in [9.17, 15) is 4.79 Å². The lowest BCUT2D eigenvalue weighted by Gasteiger charge is -2.32. The standard InChI is InChI=1S/C12H23NO2S/c1-12(2,10(13)11(14)15)16-9-7-5-3-4-6-8-9/h9-10H,3-8,13H2,1-2H3,(H,14,15)/t10-/m0/s1. The van der Waals surface area contributed by atoms with E-state index < -0.39 is 12.0 Å². The molecule has 0 heterocycles. The lowest BCUT2D eigenvalue weighted by molar-refractivity contribution is -0.139. The molecule has 94 valence electrons. The molecule has 0 aromatic rings. The van der Waals surface area contributed by atoms with E-state index in [0.29, 0.717) is 5.25 Å². The molecule has 1 aliphatic rings. The van der Waals surface area contributed by atoms with Crippen molar-refractivity contribution in [1.82, 2.24) is 0 Å². The Bertz CT molecular complexity index is 235. The molecule has 0 aromatic heterocycles. The first kappa shape index (κ1) is 13.8. The molecule has 0 saturated heterocycles. The molecule has 1 saturated carbocycles. The van der Waals surface area contributed by atoms with Gasteiger partial charge in [-0.15, -0.1) is 0 Å². The highest BCUT2D eigenvalue weighted by Crippen LogP contribution is 2.37. The number of hydrogen-bond acceptors (Lipinski definition) is 3. The van der Waals surface area contributed by atoms with Crippen LogP contribution in [0.4, 0.5) is 0 Å². The molecule has 0 spiro atoms. The predicted octanol–water partition coefficient (Wildman–Crippen LogP) is 2.63. The highest BCUT2D eigenvalue weighted by Gasteiger charge is 2.35. The molecule has 4 heteroatoms. The quantitative estimate of drug-likeness (QED) is 0.747. The number of aliphatic carboxylic acids is 1. The molecule has 3 nitrogen and oxygen atoms in total. The van der Waals surface area contributed by atoms with Crippen molar-refractivity contribution in [2.24, 2.45) is 5.73 Å². The SMILES string of the molecule is CC(C)(SC1CCCCCC1)[C@@H](N)C(=O)O. The minimum absolute atomic E-state index is 0.374. The molecule has 1 atom stereocenters. The van der Waals surface area contributed by atoms with Gasteiger partial charge in [0.2, 0.25) is 0 Å². The maximum Gasteiger partial charge on any atom is 0.321 e. The number of hydrogen-bond donors (Lipinski definition) is 2. The number of carboxylic acids is 1. The molecule has 0 unspecified atom stereocenters. The lowest BCUT2D eigenvalue weighted by atomic mass is 10.1. The van der Waals surface area contributed by atoms with Crippen LogP contribution in [0.1, 0.15) is 52.4 Å². The fourth-order valence-electron chi connectivity index (χ4n) is 2.16. The second-order valence-electron chi connectivity index (χ2n) is 5.15. The van der Waals surface area contributed by atoms with Crippen LogP contribution in [0.5, 0.6) is 0 Å². The van der Waals surface area contributed by atoms with E-state index in [0.717, 1.165) is 0 Å². The van der Waals surface area contributed by atoms with Crippen LogP contribution in [-0.4, -0.2) is 27.1 Å². The van der Waals surface area contributed by atoms with Gasteiger partial charge in [0.15, 0.2) is 0 Å². The molecule has 3 N–H and O–H groups in total. The monoisotopic (exact) mass is 245 g/mol. The van der Waals surface area contributed by atoms with Gasteiger partial charge in [-0.05, 0) is 26.7 Å². The minimum Gasteiger partial charge on any atom is -0.480 e. The van der Waals surface area contributed by atoms with E-state index in [1.807, 2.05) is 13.8 Å². The fourth-order valence-corrected chi connectivity index (χ4v) is 3.84. The summed E-state index contributed by atoms with van der Waals surface area (Å²) in [7, 11) is 0. The summed E-state index contributed by atoms with van der Waals surface area (Å²) in [6, 6.07) is -0.777. The van der Waals surface area contributed by atoms with Gasteiger partial charge >= 0.3 is 5.97 Å². The van der Waals surface area contributed by atoms with E-state index in [4.69, 9.17) is 10.8 Å². The van der Waals surface area contributed by atoms with Gasteiger partial charge in [-0.2, -0.15) is 11.8 Å². The van der Waals surface area contributed by atoms with Gasteiger partial charge in [0, 0.05) is 10.00 Å². The van der Waals surface area contributed by atoms with E-state index in [-0.39, 0.29) is 4.75 Å². The van der Waals surface area contributed by atoms with Crippen molar-refractivity contribution in [3.63, 3.8) is 0 Å². The van der Waals surface area contributed by atoms with Crippen molar-refractivity contribution < 1.29 is 9.90 Å². The second kappa shape index (κ2) is 5.92. The molecule has 0 radical (unpaired) electrons. The molecular formula is C12H23NO2S. The first-order valence-electron chi connectivity index (χ1n) is 6.09. The van der Waals surface area contributed by atoms with Gasteiger partial charge in [0.05, 0.1) is 0 Å². The van der Waals surface area contributed by atoms with Crippen LogP contribution in [0.3, 0.4) is 0 Å². The third-order valence-corrected chi connectivity index (χ3v) is 4.95. The summed E-state index contributed by atoms with van der Waals surface area (Å²) in [6.45, 7) is 3.89. The third kappa shape index (κ3) is 3.98. The van der Waals surface area contributed by atoms with E-state index in [2.05, 4.69) is 0 Å². The zero-order valence-electron chi connectivity index (χ0n) is 10.2. The van der Waals surface area contributed by atoms with Crippen molar-refractivity contribution in [3.8, 4) is 0 Å². The maximum atomic E-state index is 10.9. The first-order valence-corrected chi connectivity index (χ1v) is 6.97. The molecule has 16 heavy (non-hydrogen) atoms. The van der Waals surface area contributed by atoms with Gasteiger partial charge in [0.25, 0.3) is 0 Å². The molecule has 0 bridgehead atoms. The Kier molecular flexibility index (Phi) is 5.12. The first-order chi connectivity index (χ1) is 7.43. The summed E-state index contributed by atoms with van der Waals surface area (Å²) >= 11 is 1.77. The lowest BCUT2D eigenvalue weighted by Crippen LogP contribution is -2.47. The summed E-state index contributed by atoms with van der Waals surface area (Å²) in [5.41, 5.74) is 5.73. The Morgan fingerprint density at radius 2 is 1.81 bits per heavy atom. The van der Waals surface area contributed by atoms with Gasteiger partial charge in [-0.1, -0.05) is 25.7 Å². The molecule has 1 rings (SSSR count). The summed E-state index contributed by atoms with van der Waals surface area (Å²) in [5.74, 6) is -0.897. The van der Waals surface area contributed by atoms with Crippen LogP contribution in [-0.2, 0) is 4.79 Å². The molecule has 0 amide bonds. The van der Waals surface area contributed by atoms with Crippen molar-refractivity contribution in [2.45, 2.75) is 68.4 Å². The Morgan fingerprint density at radius 1 is 1.31 bits per heavy atom. The van der Waals surface area contributed by atoms with Crippen LogP contribution >= 0.6 is 11.8 Å². The topological polar surface area (TPSA) is 63.3 Å². The smallest absolute Gasteiger partial charge is 0.321 e. The Labute approximate surface area is 102 Å². The van der Waals surface area contributed by atoms with Crippen LogP contribution in [0.15, 0.2) is 0 Å². The summed E-state index contributed by atoms with van der Waals surface area (Å²) < 4.78 is -0.374. The summed E-state index contributed by atoms with van der Waals surface area (Å²) in [4.78, 5) is 10.9. The summed E-state index contributed by atoms with van der Waals surface area (Å²) in [5, 5.41) is 9.55. The average molecular weight is 245 g/mol. The van der Waals surface area contributed by atoms with E-state index in [1.54, 1.807) is 11.8 Å². The highest BCUT2D eigenvalue weighted by molar-refractivity contribution is 8.01. The van der Waals surface area contributed by atoms with Crippen LogP contribution in [0.25, 0.3) is 0 Å². The third-order valence-electron chi connectivity index (χ3n) is 3.29. The van der Waals surface area contributed by atoms with Gasteiger partial charge in [-0.25, -0.2) is 0 Å². The number of carboxylic acid groups (broad SMARTS) is 1. The Morgan fingerprint density at radius 3 is 2.25 bits per heavy atom. The largest absolute Gasteiger partial charge is 0.480 e. The molecule has 1 fully saturated rings. The average Bonchev–Trinajstić information content (AvgIpc) is 2.44. The number of nitrogens with two attached hydrogens (primary N) is 1. The second-order valence-corrected chi connectivity index (χ2v) is 7.11. The van der Waals surface area contributed by atoms with Gasteiger partial charge in [0.1, 0.15) is 6.04 Å². The summed E-state index contributed by atoms with van der Waals surface area (Å²) in [6.07, 6.45) is 7.61. The fraction of sp³-hybridized carbons (Fsp3) is 0.917. The highest BCUT2D eigenvalue weighted by atomic mass is 32.2. The van der Waals surface area contributed by atoms with Crippen molar-refractivity contribution in [2.75, 3.05) is 0 Å². The van der Waals surface area contributed by atoms with Crippen molar-refractivity contribution in [1.29, 1.82) is 0 Å².